The van der Waals surface area contributed by atoms with Crippen LogP contribution in [0.1, 0.15) is 37.9 Å². The Hall–Kier alpha value is -5.32. The minimum absolute atomic E-state index is 0.00967. The number of imidazole rings is 1. The summed E-state index contributed by atoms with van der Waals surface area (Å²) >= 11 is 0. The van der Waals surface area contributed by atoms with Crippen LogP contribution in [0.2, 0.25) is 0 Å². The number of nitrogens with zero attached hydrogens (tertiary/aromatic N) is 2. The molecule has 6 amide bonds. The number of nitrogens with two attached hydrogens (primary N) is 1. The number of carbonyl (C=O) groups is 7. The van der Waals surface area contributed by atoms with E-state index in [1.807, 2.05) is 30.3 Å². The minimum atomic E-state index is -1.22. The van der Waals surface area contributed by atoms with Crippen molar-refractivity contribution >= 4 is 41.4 Å². The molecule has 1 saturated heterocycles. The van der Waals surface area contributed by atoms with Gasteiger partial charge in [-0.15, -0.1) is 0 Å². The smallest absolute Gasteiger partial charge is 0.322 e. The van der Waals surface area contributed by atoms with Crippen LogP contribution in [0.5, 0.6) is 0 Å². The molecule has 0 bridgehead atoms. The number of hydrogen-bond acceptors (Lipinski definition) is 9. The highest BCUT2D eigenvalue weighted by Gasteiger charge is 2.34. The summed E-state index contributed by atoms with van der Waals surface area (Å²) in [6.45, 7) is 2.18. The summed E-state index contributed by atoms with van der Waals surface area (Å²) in [4.78, 5) is 95.8. The summed E-state index contributed by atoms with van der Waals surface area (Å²) in [5, 5.41) is 21.2. The van der Waals surface area contributed by atoms with Crippen LogP contribution in [0.3, 0.4) is 0 Å². The van der Waals surface area contributed by atoms with E-state index in [1.54, 1.807) is 13.8 Å². The van der Waals surface area contributed by atoms with Gasteiger partial charge in [0.1, 0.15) is 24.7 Å². The second kappa shape index (κ2) is 18.1. The zero-order valence-electron chi connectivity index (χ0n) is 26.9. The van der Waals surface area contributed by atoms with Crippen LogP contribution in [0.25, 0.3) is 0 Å². The summed E-state index contributed by atoms with van der Waals surface area (Å²) in [5.41, 5.74) is 7.49. The predicted octanol–water partition coefficient (Wildman–Crippen LogP) is -2.43. The van der Waals surface area contributed by atoms with E-state index in [4.69, 9.17) is 10.8 Å². The number of H-pyrrole nitrogens is 1. The Kier molecular flexibility index (Phi) is 14.0. The molecule has 0 spiro atoms. The number of likely N-dealkylation sites (tertiary alicyclic amines) is 1. The van der Waals surface area contributed by atoms with Crippen molar-refractivity contribution in [3.8, 4) is 0 Å². The van der Waals surface area contributed by atoms with E-state index < -0.39 is 85.2 Å². The molecule has 1 aromatic heterocycles. The Morgan fingerprint density at radius 2 is 1.67 bits per heavy atom. The van der Waals surface area contributed by atoms with Gasteiger partial charge in [0, 0.05) is 24.9 Å². The number of carboxylic acid groups (broad SMARTS) is 1. The zero-order chi connectivity index (χ0) is 35.2. The molecule has 3 rings (SSSR count). The molecule has 2 aromatic rings. The van der Waals surface area contributed by atoms with Crippen LogP contribution in [-0.2, 0) is 46.4 Å². The highest BCUT2D eigenvalue weighted by molar-refractivity contribution is 5.95. The van der Waals surface area contributed by atoms with Gasteiger partial charge in [0.25, 0.3) is 0 Å². The first-order valence-electron chi connectivity index (χ1n) is 15.6. The average Bonchev–Trinajstić information content (AvgIpc) is 3.76. The highest BCUT2D eigenvalue weighted by atomic mass is 16.4. The van der Waals surface area contributed by atoms with E-state index in [0.717, 1.165) is 5.56 Å². The Balaban J connectivity index is 1.55. The second-order valence-corrected chi connectivity index (χ2v) is 11.7. The van der Waals surface area contributed by atoms with Gasteiger partial charge in [-0.25, -0.2) is 4.98 Å². The number of hydrogen-bond donors (Lipinski definition) is 8. The van der Waals surface area contributed by atoms with Crippen LogP contribution in [0.15, 0.2) is 42.9 Å². The van der Waals surface area contributed by atoms with E-state index in [1.165, 1.54) is 17.4 Å². The lowest BCUT2D eigenvalue weighted by atomic mass is 10.0. The molecule has 0 radical (unpaired) electrons. The fourth-order valence-electron chi connectivity index (χ4n) is 5.09. The van der Waals surface area contributed by atoms with Gasteiger partial charge in [-0.3, -0.25) is 33.6 Å². The van der Waals surface area contributed by atoms with Crippen LogP contribution in [-0.4, -0.2) is 112 Å². The first kappa shape index (κ1) is 37.1. The molecular weight excluding hydrogens is 626 g/mol. The van der Waals surface area contributed by atoms with Crippen molar-refractivity contribution < 1.29 is 38.7 Å². The molecule has 260 valence electrons. The molecule has 0 unspecified atom stereocenters. The van der Waals surface area contributed by atoms with Crippen molar-refractivity contribution in [1.29, 1.82) is 0 Å². The maximum atomic E-state index is 13.4. The fourth-order valence-corrected chi connectivity index (χ4v) is 5.09. The zero-order valence-corrected chi connectivity index (χ0v) is 26.9. The normalized spacial score (nSPS) is 15.9. The molecule has 17 heteroatoms. The highest BCUT2D eigenvalue weighted by Crippen LogP contribution is 2.17. The van der Waals surface area contributed by atoms with Crippen LogP contribution in [0.4, 0.5) is 0 Å². The topological polar surface area (TPSA) is 258 Å². The molecule has 2 heterocycles. The van der Waals surface area contributed by atoms with Crippen LogP contribution < -0.4 is 32.3 Å². The van der Waals surface area contributed by atoms with Crippen molar-refractivity contribution in [3.63, 3.8) is 0 Å². The monoisotopic (exact) mass is 669 g/mol. The quantitative estimate of drug-likeness (QED) is 0.0884. The Morgan fingerprint density at radius 1 is 0.938 bits per heavy atom. The average molecular weight is 670 g/mol. The standard InChI is InChI=1S/C31H43N9O8/c1-18(2)27(39-28(45)21(32)11-19-7-4-3-5-8-19)31(48)38-22(12-20-13-33-17-37-20)29(46)35-14-24(41)34-15-25(42)40-10-6-9-23(40)30(47)36-16-26(43)44/h3-5,7-8,13,17-18,21-23,27H,6,9-12,14-16,32H2,1-2H3,(H,33,37)(H,34,41)(H,35,46)(H,36,47)(H,38,48)(H,39,45)(H,43,44)/t21-,22-,23-,27-/m0/s1. The SMILES string of the molecule is CC(C)[C@H](NC(=O)[C@@H](N)Cc1ccccc1)C(=O)N[C@@H](Cc1cnc[nH]1)C(=O)NCC(=O)NCC(=O)N1CCC[C@H]1C(=O)NCC(=O)O. The first-order valence-corrected chi connectivity index (χ1v) is 15.6. The third kappa shape index (κ3) is 11.5. The van der Waals surface area contributed by atoms with Gasteiger partial charge in [0.2, 0.25) is 35.4 Å². The van der Waals surface area contributed by atoms with Gasteiger partial charge in [-0.2, -0.15) is 0 Å². The number of aliphatic carboxylic acids is 1. The van der Waals surface area contributed by atoms with Gasteiger partial charge >= 0.3 is 5.97 Å². The molecule has 17 nitrogen and oxygen atoms in total. The Labute approximate surface area is 277 Å². The van der Waals surface area contributed by atoms with Crippen LogP contribution in [0, 0.1) is 5.92 Å². The van der Waals surface area contributed by atoms with Gasteiger partial charge in [-0.1, -0.05) is 44.2 Å². The van der Waals surface area contributed by atoms with Crippen molar-refractivity contribution in [1.82, 2.24) is 41.5 Å². The van der Waals surface area contributed by atoms with E-state index in [2.05, 4.69) is 36.6 Å². The van der Waals surface area contributed by atoms with Gasteiger partial charge < -0.3 is 47.3 Å². The van der Waals surface area contributed by atoms with Crippen LogP contribution >= 0.6 is 0 Å². The molecular formula is C31H43N9O8. The molecule has 0 aliphatic carbocycles. The van der Waals surface area contributed by atoms with E-state index in [-0.39, 0.29) is 25.3 Å². The van der Waals surface area contributed by atoms with Crippen molar-refractivity contribution in [2.45, 2.75) is 63.7 Å². The van der Waals surface area contributed by atoms with E-state index in [9.17, 15) is 33.6 Å². The molecule has 1 fully saturated rings. The fraction of sp³-hybridized carbons (Fsp3) is 0.484. The number of benzene rings is 1. The maximum Gasteiger partial charge on any atom is 0.322 e. The predicted molar refractivity (Wildman–Crippen MR) is 171 cm³/mol. The summed E-state index contributed by atoms with van der Waals surface area (Å²) in [6, 6.07) is 5.24. The first-order chi connectivity index (χ1) is 22.8. The number of carboxylic acids is 1. The van der Waals surface area contributed by atoms with Crippen molar-refractivity contribution in [3.05, 3.63) is 54.1 Å². The molecule has 1 aliphatic heterocycles. The van der Waals surface area contributed by atoms with E-state index >= 15 is 0 Å². The number of amides is 6. The van der Waals surface area contributed by atoms with E-state index in [0.29, 0.717) is 18.5 Å². The summed E-state index contributed by atoms with van der Waals surface area (Å²) in [6.07, 6.45) is 4.02. The number of carbonyl (C=O) groups excluding carboxylic acids is 6. The number of nitrogens with one attached hydrogen (secondary N) is 6. The largest absolute Gasteiger partial charge is 0.480 e. The second-order valence-electron chi connectivity index (χ2n) is 11.7. The summed E-state index contributed by atoms with van der Waals surface area (Å²) in [5.74, 6) is -5.29. The molecule has 9 N–H and O–H groups in total. The lowest BCUT2D eigenvalue weighted by Crippen LogP contribution is -2.58. The molecule has 1 aliphatic rings. The number of rotatable bonds is 17. The lowest BCUT2D eigenvalue weighted by molar-refractivity contribution is -0.141. The van der Waals surface area contributed by atoms with Gasteiger partial charge in [0.15, 0.2) is 0 Å². The Bertz CT molecular complexity index is 1430. The van der Waals surface area contributed by atoms with Gasteiger partial charge in [-0.05, 0) is 30.7 Å². The number of aromatic amines is 1. The summed E-state index contributed by atoms with van der Waals surface area (Å²) < 4.78 is 0. The lowest BCUT2D eigenvalue weighted by Gasteiger charge is -2.26. The maximum absolute atomic E-state index is 13.4. The third-order valence-corrected chi connectivity index (χ3v) is 7.64. The van der Waals surface area contributed by atoms with Gasteiger partial charge in [0.05, 0.1) is 25.5 Å². The van der Waals surface area contributed by atoms with Crippen molar-refractivity contribution in [2.75, 3.05) is 26.2 Å². The molecule has 0 saturated carbocycles. The Morgan fingerprint density at radius 3 is 2.31 bits per heavy atom. The van der Waals surface area contributed by atoms with Crippen molar-refractivity contribution in [2.24, 2.45) is 11.7 Å². The minimum Gasteiger partial charge on any atom is -0.480 e. The molecule has 4 atom stereocenters. The molecule has 1 aromatic carbocycles. The molecule has 48 heavy (non-hydrogen) atoms. The number of aromatic nitrogens is 2. The summed E-state index contributed by atoms with van der Waals surface area (Å²) in [7, 11) is 0. The third-order valence-electron chi connectivity index (χ3n) is 7.64.